The molecule has 1 unspecified atom stereocenters. The fraction of sp³-hybridized carbons (Fsp3) is 0.333. The van der Waals surface area contributed by atoms with Gasteiger partial charge in [-0.3, -0.25) is 9.59 Å². The molecule has 0 radical (unpaired) electrons. The van der Waals surface area contributed by atoms with Crippen LogP contribution in [0.4, 0.5) is 4.39 Å². The maximum atomic E-state index is 13.6. The van der Waals surface area contributed by atoms with Crippen molar-refractivity contribution < 1.29 is 19.1 Å². The third-order valence-corrected chi connectivity index (χ3v) is 3.39. The van der Waals surface area contributed by atoms with Crippen LogP contribution in [0.2, 0.25) is 0 Å². The number of amides is 1. The molecule has 6 heteroatoms. The Bertz CT molecular complexity index is 458. The lowest BCUT2D eigenvalue weighted by Gasteiger charge is -2.20. The molecule has 1 atom stereocenters. The Balaban J connectivity index is 2.90. The molecule has 4 nitrogen and oxygen atoms in total. The highest BCUT2D eigenvalue weighted by Crippen LogP contribution is 2.18. The van der Waals surface area contributed by atoms with E-state index >= 15 is 0 Å². The Morgan fingerprint density at radius 2 is 2.11 bits per heavy atom. The lowest BCUT2D eigenvalue weighted by molar-refractivity contribution is -0.141. The number of hydrogen-bond donors (Lipinski definition) is 1. The lowest BCUT2D eigenvalue weighted by atomic mass is 10.1. The van der Waals surface area contributed by atoms with Crippen LogP contribution in [0.15, 0.2) is 18.2 Å². The molecule has 0 aliphatic heterocycles. The van der Waals surface area contributed by atoms with Gasteiger partial charge in [0.25, 0.3) is 5.91 Å². The standard InChI is InChI=1S/C12H13FINO3/c1-7(12(17)18)6-15(2)11(16)10-8(13)4-3-5-9(10)14/h3-5,7H,6H2,1-2H3,(H,17,18). The summed E-state index contributed by atoms with van der Waals surface area (Å²) in [7, 11) is 1.46. The number of aliphatic carboxylic acids is 1. The van der Waals surface area contributed by atoms with Crippen LogP contribution in [-0.2, 0) is 4.79 Å². The first-order valence-corrected chi connectivity index (χ1v) is 6.34. The lowest BCUT2D eigenvalue weighted by Crippen LogP contribution is -2.34. The predicted molar refractivity (Wildman–Crippen MR) is 72.9 cm³/mol. The highest BCUT2D eigenvalue weighted by molar-refractivity contribution is 14.1. The van der Waals surface area contributed by atoms with E-state index in [2.05, 4.69) is 0 Å². The molecular formula is C12H13FINO3. The molecule has 98 valence electrons. The van der Waals surface area contributed by atoms with Crippen molar-refractivity contribution in [1.29, 1.82) is 0 Å². The molecule has 0 saturated carbocycles. The van der Waals surface area contributed by atoms with Gasteiger partial charge in [0.2, 0.25) is 0 Å². The van der Waals surface area contributed by atoms with E-state index in [9.17, 15) is 14.0 Å². The SMILES string of the molecule is CC(CN(C)C(=O)c1c(F)cccc1I)C(=O)O. The van der Waals surface area contributed by atoms with E-state index < -0.39 is 23.6 Å². The topological polar surface area (TPSA) is 57.6 Å². The molecule has 0 bridgehead atoms. The van der Waals surface area contributed by atoms with Gasteiger partial charge in [-0.2, -0.15) is 0 Å². The van der Waals surface area contributed by atoms with Crippen LogP contribution >= 0.6 is 22.6 Å². The zero-order valence-corrected chi connectivity index (χ0v) is 12.1. The Kier molecular flexibility index (Phi) is 5.06. The number of rotatable bonds is 4. The molecule has 0 aromatic heterocycles. The van der Waals surface area contributed by atoms with Gasteiger partial charge in [0.15, 0.2) is 0 Å². The van der Waals surface area contributed by atoms with E-state index in [1.807, 2.05) is 22.6 Å². The van der Waals surface area contributed by atoms with Gasteiger partial charge in [-0.1, -0.05) is 13.0 Å². The number of benzene rings is 1. The van der Waals surface area contributed by atoms with Crippen molar-refractivity contribution in [1.82, 2.24) is 4.90 Å². The maximum Gasteiger partial charge on any atom is 0.308 e. The summed E-state index contributed by atoms with van der Waals surface area (Å²) in [6.07, 6.45) is 0. The Morgan fingerprint density at radius 1 is 1.50 bits per heavy atom. The summed E-state index contributed by atoms with van der Waals surface area (Å²) in [4.78, 5) is 24.0. The summed E-state index contributed by atoms with van der Waals surface area (Å²) in [5.41, 5.74) is -0.0156. The van der Waals surface area contributed by atoms with Crippen LogP contribution in [0.5, 0.6) is 0 Å². The third kappa shape index (κ3) is 3.41. The molecule has 0 aliphatic rings. The minimum atomic E-state index is -0.988. The minimum Gasteiger partial charge on any atom is -0.481 e. The second-order valence-electron chi connectivity index (χ2n) is 4.02. The molecule has 0 fully saturated rings. The van der Waals surface area contributed by atoms with Crippen LogP contribution in [0.3, 0.4) is 0 Å². The van der Waals surface area contributed by atoms with Crippen molar-refractivity contribution in [3.63, 3.8) is 0 Å². The zero-order valence-electron chi connectivity index (χ0n) is 9.98. The van der Waals surface area contributed by atoms with Crippen molar-refractivity contribution in [2.75, 3.05) is 13.6 Å². The fourth-order valence-corrected chi connectivity index (χ4v) is 2.16. The molecule has 0 aliphatic carbocycles. The van der Waals surface area contributed by atoms with Crippen LogP contribution in [0.25, 0.3) is 0 Å². The monoisotopic (exact) mass is 365 g/mol. The second-order valence-corrected chi connectivity index (χ2v) is 5.18. The van der Waals surface area contributed by atoms with Gasteiger partial charge < -0.3 is 10.0 Å². The zero-order chi connectivity index (χ0) is 13.9. The fourth-order valence-electron chi connectivity index (χ4n) is 1.46. The summed E-state index contributed by atoms with van der Waals surface area (Å²) in [6, 6.07) is 4.36. The number of carboxylic acid groups (broad SMARTS) is 1. The van der Waals surface area contributed by atoms with Gasteiger partial charge in [0.1, 0.15) is 5.82 Å². The molecular weight excluding hydrogens is 352 g/mol. The van der Waals surface area contributed by atoms with Crippen LogP contribution in [0.1, 0.15) is 17.3 Å². The van der Waals surface area contributed by atoms with Crippen molar-refractivity contribution >= 4 is 34.5 Å². The normalized spacial score (nSPS) is 12.0. The van der Waals surface area contributed by atoms with Crippen molar-refractivity contribution in [2.24, 2.45) is 5.92 Å². The average Bonchev–Trinajstić information content (AvgIpc) is 2.28. The summed E-state index contributed by atoms with van der Waals surface area (Å²) in [5.74, 6) is -2.78. The molecule has 1 amide bonds. The third-order valence-electron chi connectivity index (χ3n) is 2.49. The number of carboxylic acids is 1. The smallest absolute Gasteiger partial charge is 0.308 e. The highest BCUT2D eigenvalue weighted by Gasteiger charge is 2.22. The van der Waals surface area contributed by atoms with Crippen LogP contribution in [0, 0.1) is 15.3 Å². The Labute approximate surface area is 118 Å². The summed E-state index contributed by atoms with van der Waals surface area (Å²) in [6.45, 7) is 1.54. The largest absolute Gasteiger partial charge is 0.481 e. The van der Waals surface area contributed by atoms with Gasteiger partial charge in [0, 0.05) is 17.2 Å². The molecule has 1 rings (SSSR count). The highest BCUT2D eigenvalue weighted by atomic mass is 127. The number of nitrogens with zero attached hydrogens (tertiary/aromatic N) is 1. The first kappa shape index (κ1) is 14.9. The number of carbonyl (C=O) groups is 2. The van der Waals surface area contributed by atoms with Gasteiger partial charge in [-0.05, 0) is 34.7 Å². The van der Waals surface area contributed by atoms with Gasteiger partial charge >= 0.3 is 5.97 Å². The Morgan fingerprint density at radius 3 is 2.61 bits per heavy atom. The molecule has 1 N–H and O–H groups in total. The molecule has 1 aromatic rings. The van der Waals surface area contributed by atoms with E-state index in [4.69, 9.17) is 5.11 Å². The van der Waals surface area contributed by atoms with Crippen molar-refractivity contribution in [3.05, 3.63) is 33.1 Å². The summed E-state index contributed by atoms with van der Waals surface area (Å²) < 4.78 is 14.1. The molecule has 0 heterocycles. The quantitative estimate of drug-likeness (QED) is 0.833. The number of hydrogen-bond acceptors (Lipinski definition) is 2. The first-order chi connectivity index (χ1) is 8.34. The summed E-state index contributed by atoms with van der Waals surface area (Å²) >= 11 is 1.88. The number of carbonyl (C=O) groups excluding carboxylic acids is 1. The summed E-state index contributed by atoms with van der Waals surface area (Å²) in [5, 5.41) is 8.78. The van der Waals surface area contributed by atoms with Crippen LogP contribution in [-0.4, -0.2) is 35.5 Å². The van der Waals surface area contributed by atoms with E-state index in [1.165, 1.54) is 31.0 Å². The van der Waals surface area contributed by atoms with E-state index in [-0.39, 0.29) is 12.1 Å². The molecule has 18 heavy (non-hydrogen) atoms. The first-order valence-electron chi connectivity index (χ1n) is 5.27. The van der Waals surface area contributed by atoms with E-state index in [1.54, 1.807) is 6.07 Å². The molecule has 0 saturated heterocycles. The minimum absolute atomic E-state index is 0.0156. The van der Waals surface area contributed by atoms with Gasteiger partial charge in [-0.25, -0.2) is 4.39 Å². The molecule has 0 spiro atoms. The van der Waals surface area contributed by atoms with Crippen LogP contribution < -0.4 is 0 Å². The average molecular weight is 365 g/mol. The molecule has 1 aromatic carbocycles. The van der Waals surface area contributed by atoms with Crippen molar-refractivity contribution in [2.45, 2.75) is 6.92 Å². The maximum absolute atomic E-state index is 13.6. The number of halogens is 2. The van der Waals surface area contributed by atoms with E-state index in [0.717, 1.165) is 0 Å². The predicted octanol–water partition coefficient (Wildman–Crippen LogP) is 2.22. The Hall–Kier alpha value is -1.18. The van der Waals surface area contributed by atoms with Crippen molar-refractivity contribution in [3.8, 4) is 0 Å². The van der Waals surface area contributed by atoms with Gasteiger partial charge in [0.05, 0.1) is 11.5 Å². The van der Waals surface area contributed by atoms with Gasteiger partial charge in [-0.15, -0.1) is 0 Å². The van der Waals surface area contributed by atoms with E-state index in [0.29, 0.717) is 3.57 Å². The second kappa shape index (κ2) is 6.12.